The van der Waals surface area contributed by atoms with E-state index in [1.165, 1.54) is 37.8 Å². The summed E-state index contributed by atoms with van der Waals surface area (Å²) in [7, 11) is 1.84. The highest BCUT2D eigenvalue weighted by molar-refractivity contribution is 5.21. The molecule has 0 aromatic heterocycles. The van der Waals surface area contributed by atoms with Crippen LogP contribution in [0.3, 0.4) is 0 Å². The summed E-state index contributed by atoms with van der Waals surface area (Å²) in [6.07, 6.45) is 6.04. The van der Waals surface area contributed by atoms with Crippen LogP contribution in [0.2, 0.25) is 0 Å². The minimum Gasteiger partial charge on any atom is -0.313 e. The van der Waals surface area contributed by atoms with E-state index in [1.54, 1.807) is 0 Å². The van der Waals surface area contributed by atoms with Gasteiger partial charge in [0.1, 0.15) is 11.6 Å². The third kappa shape index (κ3) is 4.53. The number of nitrogens with one attached hydrogen (secondary N) is 1. The summed E-state index contributed by atoms with van der Waals surface area (Å²) in [5.74, 6) is -1.01. The predicted molar refractivity (Wildman–Crippen MR) is 77.7 cm³/mol. The standard InChI is InChI=1S/C16H24F2N2/c1-19-16(13-10-14(17)12-15(18)11-13)6-9-20-7-4-2-3-5-8-20/h10-12,16,19H,2-9H2,1H3. The number of likely N-dealkylation sites (tertiary alicyclic amines) is 1. The molecule has 1 unspecified atom stereocenters. The topological polar surface area (TPSA) is 15.3 Å². The molecular weight excluding hydrogens is 258 g/mol. The molecule has 1 heterocycles. The van der Waals surface area contributed by atoms with Crippen LogP contribution in [0.4, 0.5) is 8.78 Å². The van der Waals surface area contributed by atoms with E-state index in [-0.39, 0.29) is 6.04 Å². The molecule has 1 aromatic carbocycles. The Kier molecular flexibility index (Phi) is 5.92. The minimum absolute atomic E-state index is 0.00320. The maximum absolute atomic E-state index is 13.3. The van der Waals surface area contributed by atoms with Gasteiger partial charge in [-0.1, -0.05) is 12.8 Å². The molecule has 1 saturated heterocycles. The normalized spacial score (nSPS) is 18.8. The smallest absolute Gasteiger partial charge is 0.126 e. The van der Waals surface area contributed by atoms with Crippen LogP contribution >= 0.6 is 0 Å². The molecule has 2 rings (SSSR count). The lowest BCUT2D eigenvalue weighted by Crippen LogP contribution is -2.29. The van der Waals surface area contributed by atoms with E-state index in [9.17, 15) is 8.78 Å². The van der Waals surface area contributed by atoms with E-state index < -0.39 is 11.6 Å². The molecule has 0 radical (unpaired) electrons. The Morgan fingerprint density at radius 2 is 1.65 bits per heavy atom. The number of nitrogens with zero attached hydrogens (tertiary/aromatic N) is 1. The Morgan fingerprint density at radius 3 is 2.20 bits per heavy atom. The number of halogens is 2. The lowest BCUT2D eigenvalue weighted by Gasteiger charge is -2.24. The van der Waals surface area contributed by atoms with Crippen molar-refractivity contribution in [3.05, 3.63) is 35.4 Å². The average Bonchev–Trinajstić information content (AvgIpc) is 2.67. The van der Waals surface area contributed by atoms with Crippen LogP contribution < -0.4 is 5.32 Å². The van der Waals surface area contributed by atoms with Crippen LogP contribution in [0.5, 0.6) is 0 Å². The molecule has 1 N–H and O–H groups in total. The fourth-order valence-electron chi connectivity index (χ4n) is 2.93. The van der Waals surface area contributed by atoms with Crippen LogP contribution in [-0.4, -0.2) is 31.6 Å². The monoisotopic (exact) mass is 282 g/mol. The van der Waals surface area contributed by atoms with Crippen molar-refractivity contribution in [1.29, 1.82) is 0 Å². The second-order valence-corrected chi connectivity index (χ2v) is 5.59. The van der Waals surface area contributed by atoms with Gasteiger partial charge in [-0.3, -0.25) is 0 Å². The van der Waals surface area contributed by atoms with E-state index in [0.29, 0.717) is 5.56 Å². The van der Waals surface area contributed by atoms with E-state index in [0.717, 1.165) is 32.1 Å². The fraction of sp³-hybridized carbons (Fsp3) is 0.625. The highest BCUT2D eigenvalue weighted by atomic mass is 19.1. The molecular formula is C16H24F2N2. The molecule has 1 atom stereocenters. The number of rotatable bonds is 5. The Labute approximate surface area is 120 Å². The van der Waals surface area contributed by atoms with Crippen LogP contribution in [0.15, 0.2) is 18.2 Å². The van der Waals surface area contributed by atoms with Crippen molar-refractivity contribution in [2.24, 2.45) is 0 Å². The van der Waals surface area contributed by atoms with Crippen molar-refractivity contribution in [2.75, 3.05) is 26.7 Å². The maximum Gasteiger partial charge on any atom is 0.126 e. The fourth-order valence-corrected chi connectivity index (χ4v) is 2.93. The van der Waals surface area contributed by atoms with Crippen LogP contribution in [0.1, 0.15) is 43.7 Å². The molecule has 1 aliphatic heterocycles. The van der Waals surface area contributed by atoms with Crippen molar-refractivity contribution in [3.63, 3.8) is 0 Å². The first-order chi connectivity index (χ1) is 9.69. The first kappa shape index (κ1) is 15.4. The van der Waals surface area contributed by atoms with Gasteiger partial charge in [0.2, 0.25) is 0 Å². The van der Waals surface area contributed by atoms with Crippen molar-refractivity contribution in [2.45, 2.75) is 38.1 Å². The van der Waals surface area contributed by atoms with Gasteiger partial charge >= 0.3 is 0 Å². The summed E-state index contributed by atoms with van der Waals surface area (Å²) in [4.78, 5) is 2.47. The third-order valence-electron chi connectivity index (χ3n) is 4.07. The molecule has 1 aliphatic rings. The Morgan fingerprint density at radius 1 is 1.05 bits per heavy atom. The van der Waals surface area contributed by atoms with Crippen molar-refractivity contribution in [1.82, 2.24) is 10.2 Å². The SMILES string of the molecule is CNC(CCN1CCCCCC1)c1cc(F)cc(F)c1. The van der Waals surface area contributed by atoms with Gasteiger partial charge in [-0.05, 0) is 63.6 Å². The molecule has 0 saturated carbocycles. The number of hydrogen-bond acceptors (Lipinski definition) is 2. The van der Waals surface area contributed by atoms with Gasteiger partial charge in [0.15, 0.2) is 0 Å². The molecule has 4 heteroatoms. The van der Waals surface area contributed by atoms with E-state index in [1.807, 2.05) is 7.05 Å². The van der Waals surface area contributed by atoms with Crippen molar-refractivity contribution >= 4 is 0 Å². The lowest BCUT2D eigenvalue weighted by atomic mass is 10.0. The highest BCUT2D eigenvalue weighted by Crippen LogP contribution is 2.20. The number of hydrogen-bond donors (Lipinski definition) is 1. The molecule has 0 spiro atoms. The third-order valence-corrected chi connectivity index (χ3v) is 4.07. The quantitative estimate of drug-likeness (QED) is 0.889. The zero-order chi connectivity index (χ0) is 14.4. The molecule has 0 bridgehead atoms. The zero-order valence-corrected chi connectivity index (χ0v) is 12.2. The van der Waals surface area contributed by atoms with Crippen LogP contribution in [0.25, 0.3) is 0 Å². The maximum atomic E-state index is 13.3. The first-order valence-electron chi connectivity index (χ1n) is 7.54. The molecule has 20 heavy (non-hydrogen) atoms. The molecule has 0 amide bonds. The van der Waals surface area contributed by atoms with Crippen molar-refractivity contribution < 1.29 is 8.78 Å². The minimum atomic E-state index is -0.505. The summed E-state index contributed by atoms with van der Waals surface area (Å²) in [5, 5.41) is 3.17. The molecule has 1 fully saturated rings. The van der Waals surface area contributed by atoms with E-state index in [4.69, 9.17) is 0 Å². The highest BCUT2D eigenvalue weighted by Gasteiger charge is 2.15. The predicted octanol–water partition coefficient (Wildman–Crippen LogP) is 3.49. The largest absolute Gasteiger partial charge is 0.313 e. The summed E-state index contributed by atoms with van der Waals surface area (Å²) < 4.78 is 26.6. The summed E-state index contributed by atoms with van der Waals surface area (Å²) in [6, 6.07) is 3.77. The summed E-state index contributed by atoms with van der Waals surface area (Å²) in [6.45, 7) is 3.27. The van der Waals surface area contributed by atoms with Gasteiger partial charge in [0.25, 0.3) is 0 Å². The summed E-state index contributed by atoms with van der Waals surface area (Å²) >= 11 is 0. The van der Waals surface area contributed by atoms with Gasteiger partial charge < -0.3 is 10.2 Å². The Hall–Kier alpha value is -1.00. The van der Waals surface area contributed by atoms with Gasteiger partial charge in [-0.15, -0.1) is 0 Å². The van der Waals surface area contributed by atoms with Gasteiger partial charge in [0, 0.05) is 12.1 Å². The second kappa shape index (κ2) is 7.70. The molecule has 112 valence electrons. The number of benzene rings is 1. The zero-order valence-electron chi connectivity index (χ0n) is 12.2. The van der Waals surface area contributed by atoms with E-state index in [2.05, 4.69) is 10.2 Å². The average molecular weight is 282 g/mol. The van der Waals surface area contributed by atoms with Crippen LogP contribution in [0, 0.1) is 11.6 Å². The van der Waals surface area contributed by atoms with Crippen LogP contribution in [-0.2, 0) is 0 Å². The second-order valence-electron chi connectivity index (χ2n) is 5.59. The van der Waals surface area contributed by atoms with E-state index >= 15 is 0 Å². The first-order valence-corrected chi connectivity index (χ1v) is 7.54. The Balaban J connectivity index is 1.94. The summed E-state index contributed by atoms with van der Waals surface area (Å²) in [5.41, 5.74) is 0.694. The lowest BCUT2D eigenvalue weighted by molar-refractivity contribution is 0.268. The Bertz CT molecular complexity index is 395. The van der Waals surface area contributed by atoms with Gasteiger partial charge in [0.05, 0.1) is 0 Å². The van der Waals surface area contributed by atoms with Gasteiger partial charge in [-0.2, -0.15) is 0 Å². The molecule has 1 aromatic rings. The molecule has 0 aliphatic carbocycles. The van der Waals surface area contributed by atoms with Crippen molar-refractivity contribution in [3.8, 4) is 0 Å². The van der Waals surface area contributed by atoms with Gasteiger partial charge in [-0.25, -0.2) is 8.78 Å². The molecule has 2 nitrogen and oxygen atoms in total.